The van der Waals surface area contributed by atoms with Gasteiger partial charge in [-0.2, -0.15) is 14.0 Å². The van der Waals surface area contributed by atoms with Crippen LogP contribution >= 0.6 is 0 Å². The van der Waals surface area contributed by atoms with E-state index in [1.165, 1.54) is 6.92 Å². The molecule has 0 heterocycles. The fourth-order valence-corrected chi connectivity index (χ4v) is 1.15. The molecule has 0 atom stereocenters. The number of nitro groups is 1. The van der Waals surface area contributed by atoms with Gasteiger partial charge in [0, 0.05) is 5.56 Å². The molecular weight excluding hydrogens is 222 g/mol. The first-order chi connectivity index (χ1) is 7.45. The van der Waals surface area contributed by atoms with Crippen molar-refractivity contribution in [1.82, 2.24) is 0 Å². The molecule has 1 rings (SSSR count). The van der Waals surface area contributed by atoms with Gasteiger partial charge in [0.25, 0.3) is 5.69 Å². The fourth-order valence-electron chi connectivity index (χ4n) is 1.15. The molecule has 0 spiro atoms. The number of ether oxygens (including phenoxy) is 1. The Morgan fingerprint density at radius 2 is 2.19 bits per heavy atom. The van der Waals surface area contributed by atoms with Crippen molar-refractivity contribution in [3.63, 3.8) is 0 Å². The summed E-state index contributed by atoms with van der Waals surface area (Å²) in [5, 5.41) is 19.2. The number of hydrogen-bond acceptors (Lipinski definition) is 4. The summed E-state index contributed by atoms with van der Waals surface area (Å²) in [6.45, 7) is -1.73. The number of alkyl halides is 2. The van der Waals surface area contributed by atoms with Crippen molar-refractivity contribution in [2.45, 2.75) is 13.5 Å². The molecule has 0 radical (unpaired) electrons. The number of nitriles is 1. The first-order valence-electron chi connectivity index (χ1n) is 4.09. The molecule has 0 aliphatic rings. The average Bonchev–Trinajstić information content (AvgIpc) is 2.19. The van der Waals surface area contributed by atoms with Gasteiger partial charge in [-0.25, -0.2) is 0 Å². The first kappa shape index (κ1) is 11.8. The highest BCUT2D eigenvalue weighted by Crippen LogP contribution is 2.28. The van der Waals surface area contributed by atoms with Crippen LogP contribution in [0.2, 0.25) is 0 Å². The minimum atomic E-state index is -3.09. The van der Waals surface area contributed by atoms with E-state index in [0.29, 0.717) is 0 Å². The number of rotatable bonds is 3. The van der Waals surface area contributed by atoms with Crippen LogP contribution in [0, 0.1) is 28.4 Å². The van der Waals surface area contributed by atoms with E-state index in [0.717, 1.165) is 12.1 Å². The summed E-state index contributed by atoms with van der Waals surface area (Å²) in [4.78, 5) is 9.83. The van der Waals surface area contributed by atoms with Gasteiger partial charge in [-0.15, -0.1) is 0 Å². The molecule has 7 heteroatoms. The maximum atomic E-state index is 11.9. The van der Waals surface area contributed by atoms with Crippen molar-refractivity contribution in [2.24, 2.45) is 0 Å². The summed E-state index contributed by atoms with van der Waals surface area (Å²) in [5.41, 5.74) is -0.367. The van der Waals surface area contributed by atoms with E-state index >= 15 is 0 Å². The van der Waals surface area contributed by atoms with Gasteiger partial charge in [0.1, 0.15) is 5.75 Å². The summed E-state index contributed by atoms with van der Waals surface area (Å²) in [7, 11) is 0. The van der Waals surface area contributed by atoms with Gasteiger partial charge in [-0.1, -0.05) is 0 Å². The monoisotopic (exact) mass is 228 g/mol. The molecule has 0 saturated carbocycles. The zero-order valence-corrected chi connectivity index (χ0v) is 8.11. The zero-order chi connectivity index (χ0) is 12.3. The molecule has 0 unspecified atom stereocenters. The molecule has 0 bridgehead atoms. The Balaban J connectivity index is 3.30. The Kier molecular flexibility index (Phi) is 3.35. The van der Waals surface area contributed by atoms with Crippen molar-refractivity contribution < 1.29 is 18.4 Å². The third-order valence-corrected chi connectivity index (χ3v) is 1.90. The van der Waals surface area contributed by atoms with E-state index < -0.39 is 23.0 Å². The average molecular weight is 228 g/mol. The zero-order valence-electron chi connectivity index (χ0n) is 8.11. The molecule has 1 aromatic rings. The van der Waals surface area contributed by atoms with Crippen LogP contribution < -0.4 is 4.74 Å². The van der Waals surface area contributed by atoms with E-state index in [9.17, 15) is 18.9 Å². The predicted molar refractivity (Wildman–Crippen MR) is 49.2 cm³/mol. The number of benzene rings is 1. The molecular formula is C9H6F2N2O3. The van der Waals surface area contributed by atoms with Crippen LogP contribution in [-0.2, 0) is 0 Å². The lowest BCUT2D eigenvalue weighted by molar-refractivity contribution is -0.385. The number of hydrogen-bond donors (Lipinski definition) is 0. The van der Waals surface area contributed by atoms with Crippen molar-refractivity contribution in [3.05, 3.63) is 33.4 Å². The van der Waals surface area contributed by atoms with Crippen LogP contribution in [0.1, 0.15) is 11.1 Å². The van der Waals surface area contributed by atoms with Crippen molar-refractivity contribution in [3.8, 4) is 11.8 Å². The van der Waals surface area contributed by atoms with Crippen LogP contribution in [0.5, 0.6) is 5.75 Å². The van der Waals surface area contributed by atoms with Gasteiger partial charge in [0.2, 0.25) is 0 Å². The lowest BCUT2D eigenvalue weighted by atomic mass is 10.1. The van der Waals surface area contributed by atoms with Crippen LogP contribution in [0.15, 0.2) is 12.1 Å². The molecule has 16 heavy (non-hydrogen) atoms. The van der Waals surface area contributed by atoms with Crippen LogP contribution in [0.25, 0.3) is 0 Å². The highest BCUT2D eigenvalue weighted by molar-refractivity contribution is 5.54. The summed E-state index contributed by atoms with van der Waals surface area (Å²) in [6, 6.07) is 3.57. The van der Waals surface area contributed by atoms with E-state index in [4.69, 9.17) is 5.26 Å². The highest BCUT2D eigenvalue weighted by Gasteiger charge is 2.18. The molecule has 1 aromatic carbocycles. The second-order valence-corrected chi connectivity index (χ2v) is 2.86. The van der Waals surface area contributed by atoms with Crippen LogP contribution in [0.3, 0.4) is 0 Å². The molecule has 0 saturated heterocycles. The van der Waals surface area contributed by atoms with Crippen molar-refractivity contribution in [1.29, 1.82) is 5.26 Å². The van der Waals surface area contributed by atoms with Gasteiger partial charge >= 0.3 is 6.61 Å². The molecule has 0 aliphatic carbocycles. The Hall–Kier alpha value is -2.23. The highest BCUT2D eigenvalue weighted by atomic mass is 19.3. The number of halogens is 2. The molecule has 0 aliphatic heterocycles. The van der Waals surface area contributed by atoms with Gasteiger partial charge < -0.3 is 4.74 Å². The standard InChI is InChI=1S/C9H6F2N2O3/c1-5-6(4-12)2-7(16-9(10)11)3-8(5)13(14)15/h2-3,9H,1H3. The Labute approximate surface area is 89.0 Å². The van der Waals surface area contributed by atoms with Gasteiger partial charge in [-0.3, -0.25) is 10.1 Å². The Morgan fingerprint density at radius 1 is 1.56 bits per heavy atom. The topological polar surface area (TPSA) is 76.2 Å². The molecule has 0 N–H and O–H groups in total. The Bertz CT molecular complexity index is 469. The minimum absolute atomic E-state index is 0.0650. The molecule has 5 nitrogen and oxygen atoms in total. The molecule has 0 amide bonds. The smallest absolute Gasteiger partial charge is 0.387 e. The van der Waals surface area contributed by atoms with Crippen LogP contribution in [-0.4, -0.2) is 11.5 Å². The maximum Gasteiger partial charge on any atom is 0.387 e. The quantitative estimate of drug-likeness (QED) is 0.587. The fraction of sp³-hybridized carbons (Fsp3) is 0.222. The number of nitro benzene ring substituents is 1. The predicted octanol–water partition coefficient (Wildman–Crippen LogP) is 2.38. The van der Waals surface area contributed by atoms with Crippen molar-refractivity contribution >= 4 is 5.69 Å². The third-order valence-electron chi connectivity index (χ3n) is 1.90. The summed E-state index contributed by atoms with van der Waals surface area (Å²) in [6.07, 6.45) is 0. The van der Waals surface area contributed by atoms with Crippen molar-refractivity contribution in [2.75, 3.05) is 0 Å². The Morgan fingerprint density at radius 3 is 2.62 bits per heavy atom. The second kappa shape index (κ2) is 4.53. The molecule has 84 valence electrons. The maximum absolute atomic E-state index is 11.9. The van der Waals surface area contributed by atoms with Gasteiger partial charge in [0.15, 0.2) is 0 Å². The molecule has 0 aromatic heterocycles. The minimum Gasteiger partial charge on any atom is -0.435 e. The summed E-state index contributed by atoms with van der Waals surface area (Å²) < 4.78 is 27.8. The van der Waals surface area contributed by atoms with Crippen LogP contribution in [0.4, 0.5) is 14.5 Å². The van der Waals surface area contributed by atoms with E-state index in [1.54, 1.807) is 6.07 Å². The summed E-state index contributed by atoms with van der Waals surface area (Å²) >= 11 is 0. The van der Waals surface area contributed by atoms with E-state index in [-0.39, 0.29) is 11.1 Å². The molecule has 0 fully saturated rings. The number of nitrogens with zero attached hydrogens (tertiary/aromatic N) is 2. The summed E-state index contributed by atoms with van der Waals surface area (Å²) in [5.74, 6) is -0.399. The SMILES string of the molecule is Cc1c(C#N)cc(OC(F)F)cc1[N+](=O)[O-]. The van der Waals surface area contributed by atoms with Gasteiger partial charge in [-0.05, 0) is 13.0 Å². The lowest BCUT2D eigenvalue weighted by Gasteiger charge is -2.06. The van der Waals surface area contributed by atoms with E-state index in [2.05, 4.69) is 4.74 Å². The normalized spacial score (nSPS) is 9.94. The van der Waals surface area contributed by atoms with Gasteiger partial charge in [0.05, 0.1) is 22.6 Å². The largest absolute Gasteiger partial charge is 0.435 e. The first-order valence-corrected chi connectivity index (χ1v) is 4.09. The van der Waals surface area contributed by atoms with E-state index in [1.807, 2.05) is 0 Å². The second-order valence-electron chi connectivity index (χ2n) is 2.86. The lowest BCUT2D eigenvalue weighted by Crippen LogP contribution is -2.04. The third kappa shape index (κ3) is 2.42.